The maximum absolute atomic E-state index is 12.7. The second-order valence-electron chi connectivity index (χ2n) is 12.7. The fourth-order valence-electron chi connectivity index (χ4n) is 8.40. The van der Waals surface area contributed by atoms with E-state index >= 15 is 0 Å². The molecule has 1 spiro atoms. The Kier molecular flexibility index (Phi) is 7.58. The van der Waals surface area contributed by atoms with Crippen molar-refractivity contribution in [2.75, 3.05) is 37.7 Å². The fraction of sp³-hybridized carbons (Fsp3) is 0.486. The Morgan fingerprint density at radius 3 is 2.86 bits per heavy atom. The number of ether oxygens (including phenoxy) is 1. The normalized spacial score (nSPS) is 32.6. The number of anilines is 1. The summed E-state index contributed by atoms with van der Waals surface area (Å²) in [5.74, 6) is 0.561. The van der Waals surface area contributed by atoms with Gasteiger partial charge in [0.05, 0.1) is 12.5 Å². The maximum atomic E-state index is 12.7. The molecule has 1 aromatic rings. The van der Waals surface area contributed by atoms with Crippen molar-refractivity contribution in [2.24, 2.45) is 15.9 Å². The molecule has 6 nitrogen and oxygen atoms in total. The molecule has 4 aliphatic heterocycles. The Bertz CT molecular complexity index is 1510. The smallest absolute Gasteiger partial charge is 0.309 e. The lowest BCUT2D eigenvalue weighted by molar-refractivity contribution is -0.147. The van der Waals surface area contributed by atoms with E-state index in [9.17, 15) is 4.79 Å². The molecular formula is C37H44N4O2. The predicted molar refractivity (Wildman–Crippen MR) is 175 cm³/mol. The summed E-state index contributed by atoms with van der Waals surface area (Å²) < 4.78 is 5.39. The highest BCUT2D eigenvalue weighted by Crippen LogP contribution is 2.52. The minimum absolute atomic E-state index is 0.135. The molecule has 0 radical (unpaired) electrons. The highest BCUT2D eigenvalue weighted by molar-refractivity contribution is 6.07. The first-order valence-corrected chi connectivity index (χ1v) is 16.4. The van der Waals surface area contributed by atoms with Crippen LogP contribution in [0.25, 0.3) is 0 Å². The topological polar surface area (TPSA) is 57.5 Å². The second-order valence-corrected chi connectivity index (χ2v) is 12.7. The first kappa shape index (κ1) is 28.3. The Morgan fingerprint density at radius 1 is 1.12 bits per heavy atom. The number of aliphatic imine (C=N–C) groups is 2. The summed E-state index contributed by atoms with van der Waals surface area (Å²) in [5, 5.41) is 0. The summed E-state index contributed by atoms with van der Waals surface area (Å²) in [4.78, 5) is 27.9. The summed E-state index contributed by atoms with van der Waals surface area (Å²) in [6, 6.07) is 7.91. The van der Waals surface area contributed by atoms with Gasteiger partial charge in [-0.15, -0.1) is 0 Å². The lowest BCUT2D eigenvalue weighted by Crippen LogP contribution is -2.48. The van der Waals surface area contributed by atoms with Crippen LogP contribution in [0.5, 0.6) is 0 Å². The van der Waals surface area contributed by atoms with Crippen LogP contribution in [0.4, 0.5) is 5.69 Å². The number of esters is 1. The van der Waals surface area contributed by atoms with E-state index in [0.29, 0.717) is 31.4 Å². The molecule has 1 aromatic carbocycles. The molecule has 4 heterocycles. The fourth-order valence-corrected chi connectivity index (χ4v) is 8.40. The van der Waals surface area contributed by atoms with Gasteiger partial charge >= 0.3 is 5.97 Å². The molecule has 0 bridgehead atoms. The number of carbonyl (C=O) groups excluding carboxylic acids is 1. The van der Waals surface area contributed by atoms with Crippen molar-refractivity contribution in [3.8, 4) is 0 Å². The van der Waals surface area contributed by atoms with Crippen molar-refractivity contribution in [3.05, 3.63) is 88.7 Å². The largest absolute Gasteiger partial charge is 0.466 e. The van der Waals surface area contributed by atoms with E-state index in [0.717, 1.165) is 38.2 Å². The number of hydrogen-bond acceptors (Lipinski definition) is 6. The standard InChI is InChI=1S/C37H44N4O2/c1-4-40-20-16-29-31-22-26(11-13-34(31)41(5-2)35(29)24-40)27-21-28-9-7-8-17-37(28)32(23-27)30-15-19-38-18-14-25(36(42)43-6-3)10-12-33(30)39-37/h7-9,11,13,15,17-19,21-22,25,27,29,35H,4-6,10,12,14,16,20,23-24H2,1-3H3/b19-15-,38-18-. The Labute approximate surface area is 256 Å². The van der Waals surface area contributed by atoms with Crippen molar-refractivity contribution >= 4 is 23.6 Å². The average molecular weight is 577 g/mol. The number of likely N-dealkylation sites (N-methyl/N-ethyl adjacent to an activating group) is 2. The van der Waals surface area contributed by atoms with Crippen LogP contribution < -0.4 is 4.90 Å². The van der Waals surface area contributed by atoms with Gasteiger partial charge in [-0.1, -0.05) is 43.4 Å². The van der Waals surface area contributed by atoms with Crippen LogP contribution >= 0.6 is 0 Å². The molecule has 0 amide bonds. The summed E-state index contributed by atoms with van der Waals surface area (Å²) >= 11 is 0. The minimum Gasteiger partial charge on any atom is -0.466 e. The molecule has 2 aliphatic carbocycles. The summed E-state index contributed by atoms with van der Waals surface area (Å²) in [6.45, 7) is 11.4. The number of carbonyl (C=O) groups is 1. The predicted octanol–water partition coefficient (Wildman–Crippen LogP) is 6.68. The van der Waals surface area contributed by atoms with Gasteiger partial charge in [-0.3, -0.25) is 14.8 Å². The zero-order valence-corrected chi connectivity index (χ0v) is 25.8. The molecule has 1 fully saturated rings. The monoisotopic (exact) mass is 576 g/mol. The highest BCUT2D eigenvalue weighted by atomic mass is 16.5. The van der Waals surface area contributed by atoms with E-state index in [-0.39, 0.29) is 17.8 Å². The van der Waals surface area contributed by atoms with Crippen LogP contribution in [0.15, 0.2) is 87.6 Å². The molecule has 0 aromatic heterocycles. The van der Waals surface area contributed by atoms with Gasteiger partial charge in [0.2, 0.25) is 0 Å². The van der Waals surface area contributed by atoms with Gasteiger partial charge in [0.25, 0.3) is 0 Å². The third-order valence-electron chi connectivity index (χ3n) is 10.6. The third kappa shape index (κ3) is 4.79. The number of allylic oxidation sites excluding steroid dienone is 5. The molecule has 224 valence electrons. The minimum atomic E-state index is -0.453. The number of rotatable bonds is 5. The van der Waals surface area contributed by atoms with Gasteiger partial charge in [0.1, 0.15) is 5.54 Å². The van der Waals surface area contributed by atoms with Crippen molar-refractivity contribution < 1.29 is 9.53 Å². The number of benzene rings is 1. The van der Waals surface area contributed by atoms with E-state index < -0.39 is 5.54 Å². The molecule has 5 atom stereocenters. The van der Waals surface area contributed by atoms with E-state index in [2.05, 4.69) is 83.3 Å². The molecule has 5 unspecified atom stereocenters. The Hall–Kier alpha value is -3.51. The number of piperidine rings is 1. The molecule has 7 rings (SSSR count). The van der Waals surface area contributed by atoms with E-state index in [1.165, 1.54) is 40.9 Å². The van der Waals surface area contributed by atoms with Gasteiger partial charge in [-0.2, -0.15) is 0 Å². The number of nitrogens with zero attached hydrogens (tertiary/aromatic N) is 4. The van der Waals surface area contributed by atoms with Crippen LogP contribution in [-0.2, 0) is 9.53 Å². The summed E-state index contributed by atoms with van der Waals surface area (Å²) in [5.41, 5.74) is 8.84. The van der Waals surface area contributed by atoms with Crippen molar-refractivity contribution in [2.45, 2.75) is 76.3 Å². The van der Waals surface area contributed by atoms with Crippen LogP contribution in [0.3, 0.4) is 0 Å². The first-order valence-electron chi connectivity index (χ1n) is 16.4. The van der Waals surface area contributed by atoms with Crippen LogP contribution in [0.1, 0.15) is 75.8 Å². The first-order chi connectivity index (χ1) is 21.1. The molecule has 0 saturated carbocycles. The molecule has 6 aliphatic rings. The quantitative estimate of drug-likeness (QED) is 0.367. The molecular weight excluding hydrogens is 532 g/mol. The van der Waals surface area contributed by atoms with Gasteiger partial charge in [-0.25, -0.2) is 0 Å². The van der Waals surface area contributed by atoms with E-state index in [4.69, 9.17) is 9.73 Å². The molecule has 1 saturated heterocycles. The second kappa shape index (κ2) is 11.5. The van der Waals surface area contributed by atoms with Crippen LogP contribution in [0, 0.1) is 5.92 Å². The zero-order valence-electron chi connectivity index (χ0n) is 25.8. The number of hydrogen-bond donors (Lipinski definition) is 0. The van der Waals surface area contributed by atoms with E-state index in [1.54, 1.807) is 5.56 Å². The van der Waals surface area contributed by atoms with Gasteiger partial charge in [0.15, 0.2) is 0 Å². The zero-order chi connectivity index (χ0) is 29.6. The van der Waals surface area contributed by atoms with Gasteiger partial charge in [-0.05, 0) is 105 Å². The number of fused-ring (bicyclic) bond motifs is 4. The SMILES string of the molecule is CCOC(=O)C1C/C=N\C=C/C2=C3CC(c4ccc5c(c4)C4CCN(CC)CC4N5CC)C=C4C=CC=CC43N=C2CC1. The molecule has 43 heavy (non-hydrogen) atoms. The van der Waals surface area contributed by atoms with Crippen molar-refractivity contribution in [1.82, 2.24) is 4.90 Å². The maximum Gasteiger partial charge on any atom is 0.309 e. The van der Waals surface area contributed by atoms with Gasteiger partial charge in [0, 0.05) is 54.8 Å². The molecule has 6 heteroatoms. The van der Waals surface area contributed by atoms with Crippen molar-refractivity contribution in [3.63, 3.8) is 0 Å². The van der Waals surface area contributed by atoms with Crippen LogP contribution in [-0.4, -0.2) is 67.2 Å². The Balaban J connectivity index is 1.24. The Morgan fingerprint density at radius 2 is 2.02 bits per heavy atom. The van der Waals surface area contributed by atoms with E-state index in [1.807, 2.05) is 19.3 Å². The van der Waals surface area contributed by atoms with Crippen molar-refractivity contribution in [1.29, 1.82) is 0 Å². The van der Waals surface area contributed by atoms with Crippen LogP contribution in [0.2, 0.25) is 0 Å². The average Bonchev–Trinajstić information content (AvgIpc) is 3.52. The third-order valence-corrected chi connectivity index (χ3v) is 10.6. The molecule has 0 N–H and O–H groups in total. The lowest BCUT2D eigenvalue weighted by Gasteiger charge is -2.38. The van der Waals surface area contributed by atoms with Gasteiger partial charge < -0.3 is 14.5 Å². The summed E-state index contributed by atoms with van der Waals surface area (Å²) in [6.07, 6.45) is 21.4. The lowest BCUT2D eigenvalue weighted by atomic mass is 9.69. The highest BCUT2D eigenvalue weighted by Gasteiger charge is 2.46. The number of likely N-dealkylation sites (tertiary alicyclic amines) is 1. The summed E-state index contributed by atoms with van der Waals surface area (Å²) in [7, 11) is 0.